The summed E-state index contributed by atoms with van der Waals surface area (Å²) >= 11 is 0. The third kappa shape index (κ3) is 5.15. The monoisotopic (exact) mass is 271 g/mol. The quantitative estimate of drug-likeness (QED) is 0.717. The van der Waals surface area contributed by atoms with Crippen LogP contribution in [0.3, 0.4) is 0 Å². The number of hydrogen-bond donors (Lipinski definition) is 2. The van der Waals surface area contributed by atoms with Crippen LogP contribution in [0.5, 0.6) is 0 Å². The van der Waals surface area contributed by atoms with Crippen LogP contribution in [0.15, 0.2) is 0 Å². The molecule has 0 unspecified atom stereocenters. The number of carbonyl (C=O) groups is 3. The van der Waals surface area contributed by atoms with E-state index in [0.717, 1.165) is 25.9 Å². The Labute approximate surface area is 112 Å². The first-order chi connectivity index (χ1) is 9.04. The number of rotatable bonds is 6. The summed E-state index contributed by atoms with van der Waals surface area (Å²) in [4.78, 5) is 37.0. The molecule has 0 radical (unpaired) electrons. The van der Waals surface area contributed by atoms with Crippen LogP contribution in [0.4, 0.5) is 4.79 Å². The summed E-state index contributed by atoms with van der Waals surface area (Å²) in [6.07, 6.45) is 2.67. The lowest BCUT2D eigenvalue weighted by Gasteiger charge is -2.21. The Morgan fingerprint density at radius 3 is 2.42 bits per heavy atom. The van der Waals surface area contributed by atoms with Crippen LogP contribution < -0.4 is 5.32 Å². The topological polar surface area (TPSA) is 90.0 Å². The van der Waals surface area contributed by atoms with E-state index < -0.39 is 12.0 Å². The van der Waals surface area contributed by atoms with Gasteiger partial charge in [-0.05, 0) is 19.3 Å². The van der Waals surface area contributed by atoms with Crippen LogP contribution in [-0.4, -0.2) is 65.5 Å². The zero-order valence-electron chi connectivity index (χ0n) is 11.2. The van der Waals surface area contributed by atoms with Crippen LogP contribution in [0, 0.1) is 0 Å². The number of nitrogens with zero attached hydrogens (tertiary/aromatic N) is 2. The zero-order valence-corrected chi connectivity index (χ0v) is 11.2. The normalized spacial score (nSPS) is 14.3. The average Bonchev–Trinajstić information content (AvgIpc) is 2.88. The Morgan fingerprint density at radius 1 is 1.26 bits per heavy atom. The minimum absolute atomic E-state index is 0.0708. The fourth-order valence-electron chi connectivity index (χ4n) is 2.03. The smallest absolute Gasteiger partial charge is 0.323 e. The van der Waals surface area contributed by atoms with Gasteiger partial charge in [-0.15, -0.1) is 0 Å². The van der Waals surface area contributed by atoms with Crippen LogP contribution in [0.25, 0.3) is 0 Å². The third-order valence-corrected chi connectivity index (χ3v) is 2.96. The summed E-state index contributed by atoms with van der Waals surface area (Å²) in [6.45, 7) is 3.27. The Kier molecular flexibility index (Phi) is 6.11. The van der Waals surface area contributed by atoms with Crippen molar-refractivity contribution in [3.8, 4) is 0 Å². The average molecular weight is 271 g/mol. The van der Waals surface area contributed by atoms with Crippen LogP contribution in [0.2, 0.25) is 0 Å². The first kappa shape index (κ1) is 15.3. The molecule has 1 aliphatic heterocycles. The maximum atomic E-state index is 11.8. The van der Waals surface area contributed by atoms with E-state index in [1.807, 2.05) is 6.92 Å². The maximum absolute atomic E-state index is 11.8. The lowest BCUT2D eigenvalue weighted by atomic mass is 10.4. The van der Waals surface area contributed by atoms with Gasteiger partial charge < -0.3 is 20.2 Å². The number of aliphatic carboxylic acids is 1. The fourth-order valence-corrected chi connectivity index (χ4v) is 2.03. The van der Waals surface area contributed by atoms with Gasteiger partial charge in [0.1, 0.15) is 6.54 Å². The number of carboxylic acid groups (broad SMARTS) is 1. The molecule has 0 bridgehead atoms. The second-order valence-corrected chi connectivity index (χ2v) is 4.56. The summed E-state index contributed by atoms with van der Waals surface area (Å²) in [5.41, 5.74) is 0. The van der Waals surface area contributed by atoms with Gasteiger partial charge in [-0.2, -0.15) is 0 Å². The Bertz CT molecular complexity index is 340. The Hall–Kier alpha value is -1.79. The van der Waals surface area contributed by atoms with Gasteiger partial charge in [-0.3, -0.25) is 9.59 Å². The minimum atomic E-state index is -1.06. The van der Waals surface area contributed by atoms with E-state index in [2.05, 4.69) is 5.32 Å². The molecule has 0 aromatic carbocycles. The highest BCUT2D eigenvalue weighted by Gasteiger charge is 2.20. The molecule has 7 heteroatoms. The van der Waals surface area contributed by atoms with Crippen molar-refractivity contribution in [2.24, 2.45) is 0 Å². The second kappa shape index (κ2) is 7.60. The first-order valence-corrected chi connectivity index (χ1v) is 6.57. The van der Waals surface area contributed by atoms with Crippen molar-refractivity contribution in [3.63, 3.8) is 0 Å². The lowest BCUT2D eigenvalue weighted by Crippen LogP contribution is -2.46. The molecule has 1 heterocycles. The summed E-state index contributed by atoms with van der Waals surface area (Å²) in [5.74, 6) is -1.17. The number of likely N-dealkylation sites (tertiary alicyclic amines) is 1. The van der Waals surface area contributed by atoms with Crippen molar-refractivity contribution in [1.82, 2.24) is 15.1 Å². The van der Waals surface area contributed by atoms with Gasteiger partial charge in [0.25, 0.3) is 0 Å². The van der Waals surface area contributed by atoms with Crippen molar-refractivity contribution >= 4 is 17.9 Å². The molecule has 0 aromatic rings. The molecule has 2 N–H and O–H groups in total. The predicted octanol–water partition coefficient (Wildman–Crippen LogP) is 0.115. The van der Waals surface area contributed by atoms with Crippen LogP contribution in [-0.2, 0) is 9.59 Å². The minimum Gasteiger partial charge on any atom is -0.480 e. The van der Waals surface area contributed by atoms with Gasteiger partial charge in [0.15, 0.2) is 0 Å². The molecule has 108 valence electrons. The summed E-state index contributed by atoms with van der Waals surface area (Å²) < 4.78 is 0. The summed E-state index contributed by atoms with van der Waals surface area (Å²) in [5, 5.41) is 11.2. The molecule has 0 atom stereocenters. The van der Waals surface area contributed by atoms with E-state index in [9.17, 15) is 14.4 Å². The van der Waals surface area contributed by atoms with E-state index in [-0.39, 0.29) is 19.0 Å². The van der Waals surface area contributed by atoms with Crippen LogP contribution in [0.1, 0.15) is 26.2 Å². The highest BCUT2D eigenvalue weighted by molar-refractivity contribution is 5.85. The van der Waals surface area contributed by atoms with Crippen molar-refractivity contribution in [1.29, 1.82) is 0 Å². The number of hydrogen-bond acceptors (Lipinski definition) is 3. The Balaban J connectivity index is 2.38. The highest BCUT2D eigenvalue weighted by atomic mass is 16.4. The number of urea groups is 1. The molecule has 1 aliphatic rings. The van der Waals surface area contributed by atoms with E-state index in [4.69, 9.17) is 5.11 Å². The summed E-state index contributed by atoms with van der Waals surface area (Å²) in [6, 6.07) is -0.503. The standard InChI is InChI=1S/C12H21N3O4/c1-2-5-15(9-11(17)18)12(19)13-8-10(16)14-6-3-4-7-14/h2-9H2,1H3,(H,13,19)(H,17,18). The zero-order chi connectivity index (χ0) is 14.3. The molecule has 1 saturated heterocycles. The van der Waals surface area contributed by atoms with Gasteiger partial charge >= 0.3 is 12.0 Å². The molecule has 1 fully saturated rings. The van der Waals surface area contributed by atoms with Gasteiger partial charge in [0, 0.05) is 19.6 Å². The van der Waals surface area contributed by atoms with E-state index in [1.54, 1.807) is 4.90 Å². The third-order valence-electron chi connectivity index (χ3n) is 2.96. The lowest BCUT2D eigenvalue weighted by molar-refractivity contribution is -0.137. The van der Waals surface area contributed by atoms with E-state index in [1.165, 1.54) is 4.90 Å². The van der Waals surface area contributed by atoms with Crippen LogP contribution >= 0.6 is 0 Å². The van der Waals surface area contributed by atoms with Crippen molar-refractivity contribution < 1.29 is 19.5 Å². The van der Waals surface area contributed by atoms with Crippen molar-refractivity contribution in [3.05, 3.63) is 0 Å². The van der Waals surface area contributed by atoms with E-state index in [0.29, 0.717) is 13.0 Å². The predicted molar refractivity (Wildman–Crippen MR) is 68.7 cm³/mol. The number of carbonyl (C=O) groups excluding carboxylic acids is 2. The fraction of sp³-hybridized carbons (Fsp3) is 0.750. The molecule has 1 rings (SSSR count). The highest BCUT2D eigenvalue weighted by Crippen LogP contribution is 2.06. The van der Waals surface area contributed by atoms with Gasteiger partial charge in [0.2, 0.25) is 5.91 Å². The van der Waals surface area contributed by atoms with Gasteiger partial charge in [-0.25, -0.2) is 4.79 Å². The van der Waals surface area contributed by atoms with E-state index >= 15 is 0 Å². The molecule has 7 nitrogen and oxygen atoms in total. The first-order valence-electron chi connectivity index (χ1n) is 6.57. The number of nitrogens with one attached hydrogen (secondary N) is 1. The molecule has 0 saturated carbocycles. The molecule has 0 aromatic heterocycles. The number of amides is 3. The van der Waals surface area contributed by atoms with Crippen molar-refractivity contribution in [2.75, 3.05) is 32.7 Å². The van der Waals surface area contributed by atoms with Gasteiger partial charge in [-0.1, -0.05) is 6.92 Å². The molecule has 0 aliphatic carbocycles. The SMILES string of the molecule is CCCN(CC(=O)O)C(=O)NCC(=O)N1CCCC1. The molecule has 0 spiro atoms. The summed E-state index contributed by atoms with van der Waals surface area (Å²) in [7, 11) is 0. The molecular formula is C12H21N3O4. The molecule has 19 heavy (non-hydrogen) atoms. The Morgan fingerprint density at radius 2 is 1.89 bits per heavy atom. The van der Waals surface area contributed by atoms with Crippen molar-refractivity contribution in [2.45, 2.75) is 26.2 Å². The number of carboxylic acids is 1. The molecule has 3 amide bonds. The van der Waals surface area contributed by atoms with Gasteiger partial charge in [0.05, 0.1) is 6.54 Å². The second-order valence-electron chi connectivity index (χ2n) is 4.56. The maximum Gasteiger partial charge on any atom is 0.323 e. The molecular weight excluding hydrogens is 250 g/mol. The largest absolute Gasteiger partial charge is 0.480 e.